The summed E-state index contributed by atoms with van der Waals surface area (Å²) >= 11 is 12.2. The minimum absolute atomic E-state index is 0.491. The monoisotopic (exact) mass is 446 g/mol. The second kappa shape index (κ2) is 9.29. The molecule has 0 fully saturated rings. The molecule has 0 N–H and O–H groups in total. The lowest BCUT2D eigenvalue weighted by Gasteiger charge is -2.16. The van der Waals surface area contributed by atoms with Crippen LogP contribution in [0.2, 0.25) is 10.0 Å². The zero-order chi connectivity index (χ0) is 21.8. The molecule has 0 saturated carbocycles. The zero-order valence-electron chi connectivity index (χ0n) is 17.1. The third kappa shape index (κ3) is 4.93. The van der Waals surface area contributed by atoms with Crippen molar-refractivity contribution in [1.29, 1.82) is 0 Å². The molecule has 4 nitrogen and oxygen atoms in total. The molecule has 0 bridgehead atoms. The van der Waals surface area contributed by atoms with E-state index < -0.39 is 0 Å². The average molecular weight is 447 g/mol. The van der Waals surface area contributed by atoms with E-state index in [1.807, 2.05) is 86.8 Å². The minimum atomic E-state index is 0.491. The van der Waals surface area contributed by atoms with Gasteiger partial charge in [-0.05, 0) is 30.7 Å². The van der Waals surface area contributed by atoms with Gasteiger partial charge in [0.2, 0.25) is 5.95 Å². The molecule has 0 unspecified atom stereocenters. The maximum atomic E-state index is 6.16. The molecule has 0 aliphatic rings. The predicted octanol–water partition coefficient (Wildman–Crippen LogP) is 6.98. The summed E-state index contributed by atoms with van der Waals surface area (Å²) in [6.45, 7) is 1.91. The van der Waals surface area contributed by atoms with Crippen LogP contribution in [0, 0.1) is 0 Å². The van der Waals surface area contributed by atoms with Gasteiger partial charge < -0.3 is 0 Å². The van der Waals surface area contributed by atoms with E-state index in [4.69, 9.17) is 33.2 Å². The lowest BCUT2D eigenvalue weighted by atomic mass is 10.1. The number of anilines is 1. The molecule has 6 heteroatoms. The molecule has 0 radical (unpaired) electrons. The molecule has 0 aliphatic carbocycles. The number of benzene rings is 3. The van der Waals surface area contributed by atoms with Crippen molar-refractivity contribution >= 4 is 34.9 Å². The van der Waals surface area contributed by atoms with Crippen LogP contribution in [0.3, 0.4) is 0 Å². The Morgan fingerprint density at radius 1 is 0.742 bits per heavy atom. The van der Waals surface area contributed by atoms with Crippen molar-refractivity contribution in [3.8, 4) is 22.5 Å². The Kier molecular flexibility index (Phi) is 6.31. The van der Waals surface area contributed by atoms with Gasteiger partial charge in [-0.25, -0.2) is 15.0 Å². The molecule has 1 heterocycles. The van der Waals surface area contributed by atoms with E-state index in [-0.39, 0.29) is 0 Å². The SMILES string of the molecule is C/C(=N\N(C)c1nc(-c2ccccc2)cc(-c2ccccc2)n1)c1ccc(Cl)c(Cl)c1. The van der Waals surface area contributed by atoms with Gasteiger partial charge in [0.25, 0.3) is 0 Å². The molecule has 0 amide bonds. The highest BCUT2D eigenvalue weighted by molar-refractivity contribution is 6.42. The zero-order valence-corrected chi connectivity index (χ0v) is 18.6. The summed E-state index contributed by atoms with van der Waals surface area (Å²) in [5.74, 6) is 0.500. The van der Waals surface area contributed by atoms with Crippen molar-refractivity contribution in [1.82, 2.24) is 9.97 Å². The van der Waals surface area contributed by atoms with Crippen molar-refractivity contribution in [2.75, 3.05) is 12.1 Å². The lowest BCUT2D eigenvalue weighted by molar-refractivity contribution is 0.932. The van der Waals surface area contributed by atoms with E-state index in [2.05, 4.69) is 5.10 Å². The highest BCUT2D eigenvalue weighted by atomic mass is 35.5. The van der Waals surface area contributed by atoms with E-state index >= 15 is 0 Å². The molecule has 0 atom stereocenters. The van der Waals surface area contributed by atoms with Crippen LogP contribution in [0.25, 0.3) is 22.5 Å². The first-order valence-electron chi connectivity index (χ1n) is 9.75. The summed E-state index contributed by atoms with van der Waals surface area (Å²) in [5, 5.41) is 7.36. The van der Waals surface area contributed by atoms with Crippen LogP contribution in [0.15, 0.2) is 90.0 Å². The second-order valence-corrected chi connectivity index (χ2v) is 7.82. The van der Waals surface area contributed by atoms with Gasteiger partial charge >= 0.3 is 0 Å². The number of rotatable bonds is 5. The molecule has 0 spiro atoms. The quantitative estimate of drug-likeness (QED) is 0.245. The molecule has 31 heavy (non-hydrogen) atoms. The molecule has 3 aromatic carbocycles. The first kappa shape index (κ1) is 21.0. The molecule has 0 aliphatic heterocycles. The van der Waals surface area contributed by atoms with Crippen LogP contribution in [0.1, 0.15) is 12.5 Å². The average Bonchev–Trinajstić information content (AvgIpc) is 2.81. The normalized spacial score (nSPS) is 11.4. The van der Waals surface area contributed by atoms with Crippen molar-refractivity contribution < 1.29 is 0 Å². The third-order valence-electron chi connectivity index (χ3n) is 4.78. The first-order chi connectivity index (χ1) is 15.0. The predicted molar refractivity (Wildman–Crippen MR) is 130 cm³/mol. The number of halogens is 2. The number of hydrogen-bond donors (Lipinski definition) is 0. The smallest absolute Gasteiger partial charge is 0.235 e. The van der Waals surface area contributed by atoms with Gasteiger partial charge in [0.1, 0.15) is 0 Å². The summed E-state index contributed by atoms with van der Waals surface area (Å²) in [6, 6.07) is 27.5. The fraction of sp³-hybridized carbons (Fsp3) is 0.0800. The van der Waals surface area contributed by atoms with Crippen LogP contribution in [-0.4, -0.2) is 22.7 Å². The van der Waals surface area contributed by atoms with Gasteiger partial charge in [-0.2, -0.15) is 5.10 Å². The van der Waals surface area contributed by atoms with Gasteiger partial charge in [-0.3, -0.25) is 0 Å². The summed E-state index contributed by atoms with van der Waals surface area (Å²) in [7, 11) is 1.83. The molecular formula is C25H20Cl2N4. The minimum Gasteiger partial charge on any atom is -0.235 e. The number of aromatic nitrogens is 2. The van der Waals surface area contributed by atoms with Crippen LogP contribution in [0.4, 0.5) is 5.95 Å². The summed E-state index contributed by atoms with van der Waals surface area (Å²) in [4.78, 5) is 9.54. The highest BCUT2D eigenvalue weighted by Crippen LogP contribution is 2.27. The van der Waals surface area contributed by atoms with E-state index in [1.54, 1.807) is 17.1 Å². The summed E-state index contributed by atoms with van der Waals surface area (Å²) in [6.07, 6.45) is 0. The Bertz CT molecular complexity index is 1170. The fourth-order valence-electron chi connectivity index (χ4n) is 3.14. The van der Waals surface area contributed by atoms with Crippen molar-refractivity contribution in [3.05, 3.63) is 101 Å². The van der Waals surface area contributed by atoms with Gasteiger partial charge in [0, 0.05) is 18.2 Å². The Labute approximate surface area is 191 Å². The van der Waals surface area contributed by atoms with E-state index in [9.17, 15) is 0 Å². The molecule has 0 saturated heterocycles. The Morgan fingerprint density at radius 3 is 1.81 bits per heavy atom. The molecule has 154 valence electrons. The first-order valence-corrected chi connectivity index (χ1v) is 10.5. The Balaban J connectivity index is 1.76. The Morgan fingerprint density at radius 2 is 1.29 bits per heavy atom. The largest absolute Gasteiger partial charge is 0.247 e. The maximum absolute atomic E-state index is 6.16. The van der Waals surface area contributed by atoms with Crippen molar-refractivity contribution in [3.63, 3.8) is 0 Å². The molecule has 4 rings (SSSR count). The number of nitrogens with zero attached hydrogens (tertiary/aromatic N) is 4. The van der Waals surface area contributed by atoms with Crippen LogP contribution in [-0.2, 0) is 0 Å². The van der Waals surface area contributed by atoms with Gasteiger partial charge in [-0.15, -0.1) is 0 Å². The van der Waals surface area contributed by atoms with Crippen LogP contribution >= 0.6 is 23.2 Å². The number of hydrogen-bond acceptors (Lipinski definition) is 4. The van der Waals surface area contributed by atoms with E-state index in [1.165, 1.54) is 0 Å². The third-order valence-corrected chi connectivity index (χ3v) is 5.52. The van der Waals surface area contributed by atoms with Gasteiger partial charge in [-0.1, -0.05) is 89.9 Å². The fourth-order valence-corrected chi connectivity index (χ4v) is 3.44. The standard InChI is InChI=1S/C25H20Cl2N4/c1-17(20-13-14-21(26)22(27)15-20)30-31(2)25-28-23(18-9-5-3-6-10-18)16-24(29-25)19-11-7-4-8-12-19/h3-16H,1-2H3/b30-17+. The number of hydrazone groups is 1. The Hall–Kier alpha value is -3.21. The van der Waals surface area contributed by atoms with E-state index in [0.717, 1.165) is 33.8 Å². The van der Waals surface area contributed by atoms with Crippen LogP contribution < -0.4 is 5.01 Å². The van der Waals surface area contributed by atoms with Gasteiger partial charge in [0.15, 0.2) is 0 Å². The molecule has 1 aromatic heterocycles. The van der Waals surface area contributed by atoms with E-state index in [0.29, 0.717) is 16.0 Å². The summed E-state index contributed by atoms with van der Waals surface area (Å²) < 4.78 is 0. The second-order valence-electron chi connectivity index (χ2n) is 7.01. The molecule has 4 aromatic rings. The van der Waals surface area contributed by atoms with Gasteiger partial charge in [0.05, 0.1) is 27.1 Å². The topological polar surface area (TPSA) is 41.4 Å². The lowest BCUT2D eigenvalue weighted by Crippen LogP contribution is -2.16. The molecular weight excluding hydrogens is 427 g/mol. The summed E-state index contributed by atoms with van der Waals surface area (Å²) in [5.41, 5.74) is 5.35. The maximum Gasteiger partial charge on any atom is 0.247 e. The van der Waals surface area contributed by atoms with Crippen molar-refractivity contribution in [2.45, 2.75) is 6.92 Å². The highest BCUT2D eigenvalue weighted by Gasteiger charge is 2.12. The van der Waals surface area contributed by atoms with Crippen LogP contribution in [0.5, 0.6) is 0 Å². The van der Waals surface area contributed by atoms with Crippen molar-refractivity contribution in [2.24, 2.45) is 5.10 Å².